The molecule has 0 aromatic heterocycles. The second-order valence-electron chi connectivity index (χ2n) is 6.95. The zero-order valence-electron chi connectivity index (χ0n) is 14.0. The summed E-state index contributed by atoms with van der Waals surface area (Å²) in [6.45, 7) is 19.5. The average Bonchev–Trinajstić information content (AvgIpc) is 2.27. The fourth-order valence-corrected chi connectivity index (χ4v) is 5.04. The van der Waals surface area contributed by atoms with Crippen LogP contribution in [0, 0.1) is 0 Å². The van der Waals surface area contributed by atoms with Gasteiger partial charge in [0, 0.05) is 0 Å². The van der Waals surface area contributed by atoms with Crippen LogP contribution in [0.2, 0.25) is 45.8 Å². The molecule has 2 nitrogen and oxygen atoms in total. The third kappa shape index (κ3) is 4.96. The van der Waals surface area contributed by atoms with Gasteiger partial charge in [-0.3, -0.25) is 0 Å². The van der Waals surface area contributed by atoms with E-state index in [2.05, 4.69) is 64.5 Å². The minimum atomic E-state index is -1.66. The van der Waals surface area contributed by atoms with E-state index in [9.17, 15) is 0 Å². The van der Waals surface area contributed by atoms with Crippen LogP contribution >= 0.6 is 0 Å². The van der Waals surface area contributed by atoms with Gasteiger partial charge >= 0.3 is 0 Å². The molecule has 0 aliphatic carbocycles. The molecule has 0 fully saturated rings. The summed E-state index contributed by atoms with van der Waals surface area (Å²) in [6.07, 6.45) is 1.93. The van der Waals surface area contributed by atoms with Crippen LogP contribution in [0.3, 0.4) is 0 Å². The molecule has 0 N–H and O–H groups in total. The van der Waals surface area contributed by atoms with Crippen molar-refractivity contribution in [3.05, 3.63) is 24.3 Å². The fourth-order valence-electron chi connectivity index (χ4n) is 2.01. The van der Waals surface area contributed by atoms with E-state index in [0.717, 1.165) is 11.5 Å². The Labute approximate surface area is 128 Å². The van der Waals surface area contributed by atoms with E-state index >= 15 is 0 Å². The first-order valence-electron chi connectivity index (χ1n) is 7.23. The van der Waals surface area contributed by atoms with Gasteiger partial charge in [0.05, 0.1) is 9.52 Å². The number of hydrogen-bond acceptors (Lipinski definition) is 2. The minimum absolute atomic E-state index is 0.360. The highest BCUT2D eigenvalue weighted by Crippen LogP contribution is 2.31. The third-order valence-electron chi connectivity index (χ3n) is 2.66. The lowest BCUT2D eigenvalue weighted by Gasteiger charge is -2.28. The van der Waals surface area contributed by atoms with Crippen molar-refractivity contribution in [2.75, 3.05) is 0 Å². The summed E-state index contributed by atoms with van der Waals surface area (Å²) in [5, 5.41) is 1.35. The first-order valence-corrected chi connectivity index (χ1v) is 16.2. The van der Waals surface area contributed by atoms with Gasteiger partial charge in [0.2, 0.25) is 16.6 Å². The first-order chi connectivity index (χ1) is 9.07. The second-order valence-corrected chi connectivity index (χ2v) is 17.2. The Kier molecular flexibility index (Phi) is 5.46. The SMILES string of the molecule is C=Cc1ccc(O[Si](C)(C)C)c(O[Si](C)(C)C)c1[SiH2]C. The molecule has 0 heterocycles. The Morgan fingerprint density at radius 3 is 1.95 bits per heavy atom. The smallest absolute Gasteiger partial charge is 0.242 e. The van der Waals surface area contributed by atoms with Crippen LogP contribution in [0.1, 0.15) is 5.56 Å². The molecule has 112 valence electrons. The van der Waals surface area contributed by atoms with Crippen molar-refractivity contribution in [3.63, 3.8) is 0 Å². The van der Waals surface area contributed by atoms with E-state index in [1.165, 1.54) is 10.8 Å². The van der Waals surface area contributed by atoms with E-state index in [-0.39, 0.29) is 9.52 Å². The van der Waals surface area contributed by atoms with Crippen molar-refractivity contribution in [2.45, 2.75) is 45.8 Å². The van der Waals surface area contributed by atoms with Crippen molar-refractivity contribution < 1.29 is 8.85 Å². The minimum Gasteiger partial charge on any atom is -0.542 e. The molecule has 0 amide bonds. The third-order valence-corrected chi connectivity index (χ3v) is 5.74. The van der Waals surface area contributed by atoms with Crippen LogP contribution in [0.5, 0.6) is 11.5 Å². The Hall–Kier alpha value is -0.789. The van der Waals surface area contributed by atoms with Gasteiger partial charge in [-0.05, 0) is 56.1 Å². The summed E-state index contributed by atoms with van der Waals surface area (Å²) < 4.78 is 12.6. The summed E-state index contributed by atoms with van der Waals surface area (Å²) >= 11 is 0. The van der Waals surface area contributed by atoms with Crippen LogP contribution in [0.15, 0.2) is 18.7 Å². The van der Waals surface area contributed by atoms with Crippen molar-refractivity contribution in [1.29, 1.82) is 0 Å². The van der Waals surface area contributed by atoms with Gasteiger partial charge in [0.1, 0.15) is 11.5 Å². The summed E-state index contributed by atoms with van der Waals surface area (Å²) in [6, 6.07) is 4.17. The predicted molar refractivity (Wildman–Crippen MR) is 98.5 cm³/mol. The van der Waals surface area contributed by atoms with Crippen LogP contribution in [-0.4, -0.2) is 26.2 Å². The zero-order chi connectivity index (χ0) is 15.6. The lowest BCUT2D eigenvalue weighted by atomic mass is 10.2. The molecule has 0 aliphatic heterocycles. The van der Waals surface area contributed by atoms with Gasteiger partial charge in [-0.15, -0.1) is 0 Å². The van der Waals surface area contributed by atoms with E-state index in [4.69, 9.17) is 8.85 Å². The van der Waals surface area contributed by atoms with Crippen LogP contribution in [-0.2, 0) is 0 Å². The molecule has 0 spiro atoms. The highest BCUT2D eigenvalue weighted by molar-refractivity contribution is 6.71. The van der Waals surface area contributed by atoms with Crippen LogP contribution in [0.25, 0.3) is 6.08 Å². The zero-order valence-corrected chi connectivity index (χ0v) is 17.4. The Morgan fingerprint density at radius 1 is 1.00 bits per heavy atom. The molecule has 1 aromatic rings. The van der Waals surface area contributed by atoms with E-state index < -0.39 is 16.6 Å². The van der Waals surface area contributed by atoms with Crippen molar-refractivity contribution in [2.24, 2.45) is 0 Å². The van der Waals surface area contributed by atoms with E-state index in [1.807, 2.05) is 6.08 Å². The molecule has 0 bridgehead atoms. The quantitative estimate of drug-likeness (QED) is 0.744. The summed E-state index contributed by atoms with van der Waals surface area (Å²) in [4.78, 5) is 0. The maximum absolute atomic E-state index is 6.37. The Bertz CT molecular complexity index is 485. The molecule has 1 aromatic carbocycles. The maximum Gasteiger partial charge on any atom is 0.242 e. The molecular formula is C15H28O2Si3. The normalized spacial score (nSPS) is 12.8. The van der Waals surface area contributed by atoms with Crippen molar-refractivity contribution in [3.8, 4) is 11.5 Å². The van der Waals surface area contributed by atoms with Gasteiger partial charge < -0.3 is 8.85 Å². The number of hydrogen-bond donors (Lipinski definition) is 0. The van der Waals surface area contributed by atoms with Crippen LogP contribution in [0.4, 0.5) is 0 Å². The molecule has 0 saturated carbocycles. The molecule has 0 unspecified atom stereocenters. The van der Waals surface area contributed by atoms with E-state index in [1.54, 1.807) is 0 Å². The Morgan fingerprint density at radius 2 is 1.55 bits per heavy atom. The predicted octanol–water partition coefficient (Wildman–Crippen LogP) is 3.60. The van der Waals surface area contributed by atoms with Crippen LogP contribution < -0.4 is 14.0 Å². The molecule has 5 heteroatoms. The van der Waals surface area contributed by atoms with Gasteiger partial charge in [-0.2, -0.15) is 0 Å². The fraction of sp³-hybridized carbons (Fsp3) is 0.467. The molecule has 20 heavy (non-hydrogen) atoms. The highest BCUT2D eigenvalue weighted by Gasteiger charge is 2.25. The summed E-state index contributed by atoms with van der Waals surface area (Å²) in [5.74, 6) is 1.93. The highest BCUT2D eigenvalue weighted by atomic mass is 28.4. The Balaban J connectivity index is 3.39. The first kappa shape index (κ1) is 17.3. The average molecular weight is 325 g/mol. The lowest BCUT2D eigenvalue weighted by Crippen LogP contribution is -2.35. The van der Waals surface area contributed by atoms with E-state index in [0.29, 0.717) is 0 Å². The molecule has 0 saturated heterocycles. The summed E-state index contributed by atoms with van der Waals surface area (Å²) in [7, 11) is -3.67. The molecule has 0 atom stereocenters. The number of rotatable bonds is 6. The van der Waals surface area contributed by atoms with Gasteiger partial charge in [0.25, 0.3) is 0 Å². The number of benzene rings is 1. The topological polar surface area (TPSA) is 18.5 Å². The van der Waals surface area contributed by atoms with Gasteiger partial charge in [-0.1, -0.05) is 25.3 Å². The van der Waals surface area contributed by atoms with Crippen molar-refractivity contribution in [1.82, 2.24) is 0 Å². The summed E-state index contributed by atoms with van der Waals surface area (Å²) in [5.41, 5.74) is 1.20. The molecule has 1 rings (SSSR count). The largest absolute Gasteiger partial charge is 0.542 e. The second kappa shape index (κ2) is 6.32. The lowest BCUT2D eigenvalue weighted by molar-refractivity contribution is 0.492. The standard InChI is InChI=1S/C15H28O2Si3/c1-9-12-10-11-13(16-19(3,4)5)14(15(12)18-2)17-20(6,7)8/h9-11H,1,18H2,2-8H3. The maximum atomic E-state index is 6.37. The molecule has 0 aliphatic rings. The monoisotopic (exact) mass is 324 g/mol. The van der Waals surface area contributed by atoms with Gasteiger partial charge in [-0.25, -0.2) is 0 Å². The van der Waals surface area contributed by atoms with Gasteiger partial charge in [0.15, 0.2) is 0 Å². The molecular weight excluding hydrogens is 296 g/mol. The van der Waals surface area contributed by atoms with Crippen molar-refractivity contribution >= 4 is 37.4 Å². The molecule has 0 radical (unpaired) electrons.